The highest BCUT2D eigenvalue weighted by Crippen LogP contribution is 2.29. The molecule has 0 bridgehead atoms. The molecule has 2 heterocycles. The topological polar surface area (TPSA) is 35.6 Å². The zero-order valence-corrected chi connectivity index (χ0v) is 16.7. The summed E-state index contributed by atoms with van der Waals surface area (Å²) in [6.45, 7) is 4.50. The summed E-state index contributed by atoms with van der Waals surface area (Å²) in [6.07, 6.45) is 16.0. The smallest absolute Gasteiger partial charge is 0.0948 e. The number of hydrogen-bond donors (Lipinski definition) is 0. The largest absolute Gasteiger partial charge is 0.334 e. The summed E-state index contributed by atoms with van der Waals surface area (Å²) in [4.78, 5) is 8.46. The summed E-state index contributed by atoms with van der Waals surface area (Å²) in [5.41, 5.74) is 2.83. The maximum absolute atomic E-state index is 4.23. The van der Waals surface area contributed by atoms with Crippen LogP contribution in [0.3, 0.4) is 0 Å². The Labute approximate surface area is 166 Å². The van der Waals surface area contributed by atoms with Gasteiger partial charge in [-0.15, -0.1) is 0 Å². The van der Waals surface area contributed by atoms with Crippen LogP contribution in [-0.4, -0.2) is 19.1 Å². The molecule has 2 aromatic carbocycles. The first kappa shape index (κ1) is 18.5. The molecule has 2 atom stereocenters. The van der Waals surface area contributed by atoms with Gasteiger partial charge in [0.25, 0.3) is 0 Å². The van der Waals surface area contributed by atoms with E-state index in [1.165, 1.54) is 21.9 Å². The van der Waals surface area contributed by atoms with E-state index < -0.39 is 0 Å². The molecule has 0 aliphatic carbocycles. The predicted molar refractivity (Wildman–Crippen MR) is 114 cm³/mol. The van der Waals surface area contributed by atoms with E-state index in [0.717, 1.165) is 25.7 Å². The lowest BCUT2D eigenvalue weighted by atomic mass is 9.92. The van der Waals surface area contributed by atoms with E-state index in [1.807, 2.05) is 25.0 Å². The van der Waals surface area contributed by atoms with Gasteiger partial charge in [-0.2, -0.15) is 0 Å². The zero-order chi connectivity index (χ0) is 19.3. The summed E-state index contributed by atoms with van der Waals surface area (Å²) >= 11 is 0. The number of benzene rings is 2. The van der Waals surface area contributed by atoms with Crippen molar-refractivity contribution in [2.45, 2.75) is 51.6 Å². The van der Waals surface area contributed by atoms with Crippen molar-refractivity contribution in [3.63, 3.8) is 0 Å². The molecule has 0 N–H and O–H groups in total. The normalized spacial score (nSPS) is 13.6. The van der Waals surface area contributed by atoms with Crippen molar-refractivity contribution in [1.82, 2.24) is 19.1 Å². The minimum Gasteiger partial charge on any atom is -0.334 e. The van der Waals surface area contributed by atoms with Gasteiger partial charge in [0, 0.05) is 36.9 Å². The van der Waals surface area contributed by atoms with Crippen LogP contribution >= 0.6 is 0 Å². The van der Waals surface area contributed by atoms with Gasteiger partial charge >= 0.3 is 0 Å². The third-order valence-electron chi connectivity index (χ3n) is 5.85. The average Bonchev–Trinajstić information content (AvgIpc) is 3.44. The van der Waals surface area contributed by atoms with Crippen LogP contribution in [0.1, 0.15) is 49.9 Å². The van der Waals surface area contributed by atoms with Gasteiger partial charge in [0.05, 0.1) is 12.7 Å². The van der Waals surface area contributed by atoms with Crippen molar-refractivity contribution in [2.24, 2.45) is 0 Å². The summed E-state index contributed by atoms with van der Waals surface area (Å²) in [7, 11) is 0. The second kappa shape index (κ2) is 8.42. The molecule has 4 aromatic rings. The fourth-order valence-corrected chi connectivity index (χ4v) is 4.20. The molecule has 0 aliphatic rings. The Morgan fingerprint density at radius 2 is 1.18 bits per heavy atom. The molecule has 0 aliphatic heterocycles. The van der Waals surface area contributed by atoms with Gasteiger partial charge in [0.2, 0.25) is 0 Å². The van der Waals surface area contributed by atoms with E-state index in [1.54, 1.807) is 0 Å². The summed E-state index contributed by atoms with van der Waals surface area (Å²) in [5, 5.41) is 2.75. The van der Waals surface area contributed by atoms with Crippen LogP contribution in [-0.2, 0) is 12.8 Å². The highest BCUT2D eigenvalue weighted by atomic mass is 15.1. The Morgan fingerprint density at radius 1 is 0.714 bits per heavy atom. The van der Waals surface area contributed by atoms with Gasteiger partial charge in [-0.3, -0.25) is 0 Å². The third kappa shape index (κ3) is 3.72. The van der Waals surface area contributed by atoms with Gasteiger partial charge in [-0.25, -0.2) is 9.97 Å². The number of imidazole rings is 2. The minimum absolute atomic E-state index is 0.436. The van der Waals surface area contributed by atoms with Crippen molar-refractivity contribution in [3.8, 4) is 0 Å². The molecule has 4 rings (SSSR count). The third-order valence-corrected chi connectivity index (χ3v) is 5.85. The highest BCUT2D eigenvalue weighted by Gasteiger charge is 2.14. The van der Waals surface area contributed by atoms with Crippen LogP contribution in [0.5, 0.6) is 0 Å². The van der Waals surface area contributed by atoms with Gasteiger partial charge in [0.15, 0.2) is 0 Å². The van der Waals surface area contributed by atoms with Crippen molar-refractivity contribution in [1.29, 1.82) is 0 Å². The molecular formula is C24H28N4. The highest BCUT2D eigenvalue weighted by molar-refractivity contribution is 5.88. The fraction of sp³-hybridized carbons (Fsp3) is 0.333. The van der Waals surface area contributed by atoms with Gasteiger partial charge in [-0.05, 0) is 47.6 Å². The Kier molecular flexibility index (Phi) is 5.56. The lowest BCUT2D eigenvalue weighted by Crippen LogP contribution is -2.11. The summed E-state index contributed by atoms with van der Waals surface area (Å²) in [5.74, 6) is 0. The second-order valence-electron chi connectivity index (χ2n) is 7.48. The minimum atomic E-state index is 0.436. The molecule has 2 unspecified atom stereocenters. The number of nitrogens with zero attached hydrogens (tertiary/aromatic N) is 4. The first-order valence-corrected chi connectivity index (χ1v) is 10.2. The molecule has 0 radical (unpaired) electrons. The van der Waals surface area contributed by atoms with Crippen LogP contribution in [0.15, 0.2) is 73.8 Å². The molecule has 0 fully saturated rings. The Hall–Kier alpha value is -2.88. The predicted octanol–water partition coefficient (Wildman–Crippen LogP) is 5.62. The Bertz CT molecular complexity index is 919. The molecule has 0 amide bonds. The van der Waals surface area contributed by atoms with E-state index in [9.17, 15) is 0 Å². The number of fused-ring (bicyclic) bond motifs is 1. The monoisotopic (exact) mass is 372 g/mol. The van der Waals surface area contributed by atoms with Crippen LogP contribution in [0, 0.1) is 0 Å². The van der Waals surface area contributed by atoms with Crippen LogP contribution < -0.4 is 0 Å². The summed E-state index contributed by atoms with van der Waals surface area (Å²) < 4.78 is 4.46. The van der Waals surface area contributed by atoms with E-state index in [4.69, 9.17) is 0 Å². The second-order valence-corrected chi connectivity index (χ2v) is 7.48. The van der Waals surface area contributed by atoms with Crippen molar-refractivity contribution >= 4 is 10.8 Å². The van der Waals surface area contributed by atoms with Gasteiger partial charge < -0.3 is 9.13 Å². The van der Waals surface area contributed by atoms with Crippen LogP contribution in [0.4, 0.5) is 0 Å². The van der Waals surface area contributed by atoms with Gasteiger partial charge in [0.1, 0.15) is 0 Å². The molecule has 2 aromatic heterocycles. The Morgan fingerprint density at radius 3 is 1.54 bits per heavy atom. The van der Waals surface area contributed by atoms with E-state index >= 15 is 0 Å². The molecule has 144 valence electrons. The first-order chi connectivity index (χ1) is 13.8. The number of hydrogen-bond acceptors (Lipinski definition) is 2. The van der Waals surface area contributed by atoms with E-state index in [-0.39, 0.29) is 0 Å². The molecule has 0 spiro atoms. The van der Waals surface area contributed by atoms with Crippen molar-refractivity contribution in [2.75, 3.05) is 0 Å². The first-order valence-electron chi connectivity index (χ1n) is 10.2. The molecule has 28 heavy (non-hydrogen) atoms. The maximum atomic E-state index is 4.23. The zero-order valence-electron chi connectivity index (χ0n) is 16.7. The lowest BCUT2D eigenvalue weighted by Gasteiger charge is -2.20. The van der Waals surface area contributed by atoms with E-state index in [0.29, 0.717) is 12.1 Å². The van der Waals surface area contributed by atoms with Gasteiger partial charge in [-0.1, -0.05) is 50.2 Å². The number of aromatic nitrogens is 4. The molecule has 4 heteroatoms. The SMILES string of the molecule is CCC(Cc1cccc2c(CC(CC)n3ccnc3)cccc12)n1ccnc1. The standard InChI is InChI=1S/C24H28N4/c1-3-21(27-13-11-25-17-27)15-19-7-5-10-24-20(8-6-9-23(19)24)16-22(4-2)28-14-12-26-18-28/h5-14,17-18,21-22H,3-4,15-16H2,1-2H3. The lowest BCUT2D eigenvalue weighted by molar-refractivity contribution is 0.483. The van der Waals surface area contributed by atoms with Crippen molar-refractivity contribution < 1.29 is 0 Å². The van der Waals surface area contributed by atoms with Crippen LogP contribution in [0.2, 0.25) is 0 Å². The molecular weight excluding hydrogens is 344 g/mol. The molecule has 0 saturated heterocycles. The fourth-order valence-electron chi connectivity index (χ4n) is 4.20. The summed E-state index contributed by atoms with van der Waals surface area (Å²) in [6, 6.07) is 14.4. The average molecular weight is 373 g/mol. The quantitative estimate of drug-likeness (QED) is 0.402. The maximum Gasteiger partial charge on any atom is 0.0948 e. The van der Waals surface area contributed by atoms with Crippen LogP contribution in [0.25, 0.3) is 10.8 Å². The molecule has 0 saturated carbocycles. The van der Waals surface area contributed by atoms with E-state index in [2.05, 4.69) is 81.7 Å². The number of rotatable bonds is 8. The molecule has 4 nitrogen and oxygen atoms in total. The van der Waals surface area contributed by atoms with Crippen molar-refractivity contribution in [3.05, 3.63) is 85.0 Å². The Balaban J connectivity index is 1.66.